The Balaban J connectivity index is 2.01. The van der Waals surface area contributed by atoms with Gasteiger partial charge >= 0.3 is 0 Å². The molecule has 0 N–H and O–H groups in total. The number of methoxy groups -OCH3 is 1. The number of carbonyl (C=O) groups is 1. The first-order valence-corrected chi connectivity index (χ1v) is 7.21. The van der Waals surface area contributed by atoms with Gasteiger partial charge in [-0.1, -0.05) is 0 Å². The minimum Gasteiger partial charge on any atom is -0.495 e. The van der Waals surface area contributed by atoms with E-state index in [9.17, 15) is 4.79 Å². The average Bonchev–Trinajstić information content (AvgIpc) is 3.11. The second-order valence-corrected chi connectivity index (χ2v) is 5.22. The molecule has 0 aliphatic carbocycles. The summed E-state index contributed by atoms with van der Waals surface area (Å²) in [6.45, 7) is 1.93. The number of benzene rings is 1. The number of hydrogen-bond donors (Lipinski definition) is 0. The van der Waals surface area contributed by atoms with Crippen LogP contribution >= 0.6 is 0 Å². The Bertz CT molecular complexity index is 937. The van der Waals surface area contributed by atoms with Gasteiger partial charge < -0.3 is 4.74 Å². The Morgan fingerprint density at radius 2 is 2.12 bits per heavy atom. The molecule has 0 aliphatic heterocycles. The Morgan fingerprint density at radius 1 is 1.29 bits per heavy atom. The molecule has 0 radical (unpaired) electrons. The standard InChI is InChI=1S/C18H14N4O2/c1-12-5-14(7-19)17(24-2)6-16(12)15-9-21-22(10-15)18-4-3-13(11-23)8-20-18/h3-6,8-11H,1-2H3. The molecular formula is C18H14N4O2. The summed E-state index contributed by atoms with van der Waals surface area (Å²) in [5.41, 5.74) is 3.78. The van der Waals surface area contributed by atoms with E-state index in [1.54, 1.807) is 29.1 Å². The van der Waals surface area contributed by atoms with Crippen molar-refractivity contribution < 1.29 is 9.53 Å². The molecule has 2 heterocycles. The van der Waals surface area contributed by atoms with E-state index in [1.807, 2.05) is 19.2 Å². The molecule has 3 aromatic rings. The SMILES string of the molecule is COc1cc(-c2cnn(-c3ccc(C=O)cn3)c2)c(C)cc1C#N. The first-order valence-electron chi connectivity index (χ1n) is 7.21. The van der Waals surface area contributed by atoms with E-state index in [4.69, 9.17) is 10.00 Å². The third kappa shape index (κ3) is 2.75. The summed E-state index contributed by atoms with van der Waals surface area (Å²) in [7, 11) is 1.54. The first kappa shape index (κ1) is 15.4. The minimum absolute atomic E-state index is 0.497. The van der Waals surface area contributed by atoms with Gasteiger partial charge in [0.15, 0.2) is 12.1 Å². The van der Waals surface area contributed by atoms with Gasteiger partial charge in [-0.25, -0.2) is 9.67 Å². The van der Waals surface area contributed by atoms with Crippen molar-refractivity contribution in [3.8, 4) is 28.8 Å². The summed E-state index contributed by atoms with van der Waals surface area (Å²) >= 11 is 0. The maximum atomic E-state index is 10.7. The number of ether oxygens (including phenoxy) is 1. The van der Waals surface area contributed by atoms with Crippen LogP contribution in [0.15, 0.2) is 42.9 Å². The van der Waals surface area contributed by atoms with Crippen molar-refractivity contribution in [3.05, 3.63) is 59.5 Å². The Morgan fingerprint density at radius 3 is 2.75 bits per heavy atom. The van der Waals surface area contributed by atoms with Gasteiger partial charge in [0.05, 0.1) is 18.9 Å². The quantitative estimate of drug-likeness (QED) is 0.691. The smallest absolute Gasteiger partial charge is 0.153 e. The summed E-state index contributed by atoms with van der Waals surface area (Å²) in [6.07, 6.45) is 5.82. The van der Waals surface area contributed by atoms with Crippen molar-refractivity contribution in [2.75, 3.05) is 7.11 Å². The summed E-state index contributed by atoms with van der Waals surface area (Å²) in [5.74, 6) is 1.14. The largest absolute Gasteiger partial charge is 0.495 e. The highest BCUT2D eigenvalue weighted by molar-refractivity contribution is 5.74. The highest BCUT2D eigenvalue weighted by Gasteiger charge is 2.12. The Labute approximate surface area is 138 Å². The normalized spacial score (nSPS) is 10.2. The fourth-order valence-corrected chi connectivity index (χ4v) is 2.45. The number of aryl methyl sites for hydroxylation is 1. The van der Waals surface area contributed by atoms with Crippen LogP contribution in [0, 0.1) is 18.3 Å². The molecule has 0 bridgehead atoms. The highest BCUT2D eigenvalue weighted by Crippen LogP contribution is 2.30. The zero-order valence-electron chi connectivity index (χ0n) is 13.2. The first-order chi connectivity index (χ1) is 11.7. The summed E-state index contributed by atoms with van der Waals surface area (Å²) in [6, 6.07) is 9.17. The van der Waals surface area contributed by atoms with E-state index < -0.39 is 0 Å². The van der Waals surface area contributed by atoms with Crippen molar-refractivity contribution in [2.24, 2.45) is 0 Å². The van der Waals surface area contributed by atoms with Crippen molar-refractivity contribution >= 4 is 6.29 Å². The fourth-order valence-electron chi connectivity index (χ4n) is 2.45. The van der Waals surface area contributed by atoms with Gasteiger partial charge in [0.25, 0.3) is 0 Å². The lowest BCUT2D eigenvalue weighted by atomic mass is 10.0. The molecule has 0 amide bonds. The zero-order chi connectivity index (χ0) is 17.1. The van der Waals surface area contributed by atoms with Gasteiger partial charge in [-0.15, -0.1) is 0 Å². The topological polar surface area (TPSA) is 80.8 Å². The second kappa shape index (κ2) is 6.34. The van der Waals surface area contributed by atoms with Crippen LogP contribution in [0.5, 0.6) is 5.75 Å². The van der Waals surface area contributed by atoms with Gasteiger partial charge in [0, 0.05) is 23.5 Å². The van der Waals surface area contributed by atoms with Crippen molar-refractivity contribution in [2.45, 2.75) is 6.92 Å². The molecule has 0 fully saturated rings. The van der Waals surface area contributed by atoms with Gasteiger partial charge in [0.2, 0.25) is 0 Å². The lowest BCUT2D eigenvalue weighted by Gasteiger charge is -2.08. The van der Waals surface area contributed by atoms with Crippen LogP contribution in [-0.4, -0.2) is 28.2 Å². The van der Waals surface area contributed by atoms with Crippen molar-refractivity contribution in [1.29, 1.82) is 5.26 Å². The predicted molar refractivity (Wildman–Crippen MR) is 88.2 cm³/mol. The number of nitrogens with zero attached hydrogens (tertiary/aromatic N) is 4. The van der Waals surface area contributed by atoms with Crippen LogP contribution in [-0.2, 0) is 0 Å². The molecule has 3 rings (SSSR count). The zero-order valence-corrected chi connectivity index (χ0v) is 13.2. The third-order valence-corrected chi connectivity index (χ3v) is 3.70. The molecule has 0 spiro atoms. The van der Waals surface area contributed by atoms with E-state index in [0.717, 1.165) is 23.0 Å². The molecule has 118 valence electrons. The van der Waals surface area contributed by atoms with Crippen LogP contribution < -0.4 is 4.74 Å². The van der Waals surface area contributed by atoms with Crippen LogP contribution in [0.1, 0.15) is 21.5 Å². The molecule has 0 atom stereocenters. The van der Waals surface area contributed by atoms with Crippen LogP contribution in [0.25, 0.3) is 16.9 Å². The molecule has 24 heavy (non-hydrogen) atoms. The highest BCUT2D eigenvalue weighted by atomic mass is 16.5. The number of rotatable bonds is 4. The average molecular weight is 318 g/mol. The Kier molecular flexibility index (Phi) is 4.08. The van der Waals surface area contributed by atoms with Crippen LogP contribution in [0.4, 0.5) is 0 Å². The summed E-state index contributed by atoms with van der Waals surface area (Å²) in [4.78, 5) is 14.9. The molecule has 6 heteroatoms. The lowest BCUT2D eigenvalue weighted by Crippen LogP contribution is -1.97. The number of carbonyl (C=O) groups excluding carboxylic acids is 1. The molecule has 0 aliphatic rings. The molecule has 0 saturated carbocycles. The van der Waals surface area contributed by atoms with E-state index in [2.05, 4.69) is 16.2 Å². The molecule has 2 aromatic heterocycles. The van der Waals surface area contributed by atoms with Gasteiger partial charge in [-0.2, -0.15) is 10.4 Å². The second-order valence-electron chi connectivity index (χ2n) is 5.22. The molecule has 0 unspecified atom stereocenters. The summed E-state index contributed by atoms with van der Waals surface area (Å²) in [5, 5.41) is 13.5. The predicted octanol–water partition coefficient (Wildman–Crippen LogP) is 2.94. The van der Waals surface area contributed by atoms with E-state index in [0.29, 0.717) is 22.7 Å². The van der Waals surface area contributed by atoms with Crippen molar-refractivity contribution in [3.63, 3.8) is 0 Å². The number of aromatic nitrogens is 3. The minimum atomic E-state index is 0.497. The Hall–Kier alpha value is -3.46. The number of nitriles is 1. The molecule has 6 nitrogen and oxygen atoms in total. The van der Waals surface area contributed by atoms with E-state index >= 15 is 0 Å². The number of hydrogen-bond acceptors (Lipinski definition) is 5. The molecule has 1 aromatic carbocycles. The fraction of sp³-hybridized carbons (Fsp3) is 0.111. The number of pyridine rings is 1. The maximum Gasteiger partial charge on any atom is 0.153 e. The maximum absolute atomic E-state index is 10.7. The lowest BCUT2D eigenvalue weighted by molar-refractivity contribution is 0.112. The monoisotopic (exact) mass is 318 g/mol. The van der Waals surface area contributed by atoms with Crippen LogP contribution in [0.2, 0.25) is 0 Å². The number of aldehydes is 1. The third-order valence-electron chi connectivity index (χ3n) is 3.70. The van der Waals surface area contributed by atoms with Gasteiger partial charge in [-0.05, 0) is 42.3 Å². The molecular weight excluding hydrogens is 304 g/mol. The van der Waals surface area contributed by atoms with Crippen molar-refractivity contribution in [1.82, 2.24) is 14.8 Å². The van der Waals surface area contributed by atoms with E-state index in [-0.39, 0.29) is 0 Å². The summed E-state index contributed by atoms with van der Waals surface area (Å²) < 4.78 is 6.91. The molecule has 0 saturated heterocycles. The van der Waals surface area contributed by atoms with E-state index in [1.165, 1.54) is 13.3 Å². The van der Waals surface area contributed by atoms with Gasteiger partial charge in [0.1, 0.15) is 11.8 Å². The van der Waals surface area contributed by atoms with Gasteiger partial charge in [-0.3, -0.25) is 4.79 Å². The van der Waals surface area contributed by atoms with Crippen LogP contribution in [0.3, 0.4) is 0 Å².